The maximum atomic E-state index is 12.4. The summed E-state index contributed by atoms with van der Waals surface area (Å²) in [6.07, 6.45) is 4.88. The van der Waals surface area contributed by atoms with Crippen LogP contribution in [-0.4, -0.2) is 43.0 Å². The number of ether oxygens (including phenoxy) is 1. The van der Waals surface area contributed by atoms with Crippen LogP contribution in [0.15, 0.2) is 60.7 Å². The molecular weight excluding hydrogens is 340 g/mol. The van der Waals surface area contributed by atoms with E-state index < -0.39 is 0 Å². The number of likely N-dealkylation sites (tertiary alicyclic amines) is 1. The Morgan fingerprint density at radius 3 is 2.41 bits per heavy atom. The van der Waals surface area contributed by atoms with Crippen LogP contribution in [0.3, 0.4) is 0 Å². The first-order chi connectivity index (χ1) is 13.2. The molecule has 3 rings (SSSR count). The summed E-state index contributed by atoms with van der Waals surface area (Å²) in [4.78, 5) is 26.5. The third kappa shape index (κ3) is 4.97. The Bertz CT molecular complexity index is 809. The Morgan fingerprint density at radius 1 is 1.04 bits per heavy atom. The molecular formula is C22H24N2O3. The fraction of sp³-hybridized carbons (Fsp3) is 0.273. The molecule has 0 bridgehead atoms. The van der Waals surface area contributed by atoms with Crippen molar-refractivity contribution >= 4 is 17.9 Å². The van der Waals surface area contributed by atoms with E-state index in [4.69, 9.17) is 4.74 Å². The van der Waals surface area contributed by atoms with Crippen LogP contribution in [0.25, 0.3) is 6.08 Å². The van der Waals surface area contributed by atoms with Gasteiger partial charge in [-0.2, -0.15) is 0 Å². The van der Waals surface area contributed by atoms with Crippen molar-refractivity contribution in [3.05, 3.63) is 71.8 Å². The summed E-state index contributed by atoms with van der Waals surface area (Å²) in [5.74, 6) is 0.661. The lowest BCUT2D eigenvalue weighted by Crippen LogP contribution is -2.46. The third-order valence-electron chi connectivity index (χ3n) is 4.72. The lowest BCUT2D eigenvalue weighted by Gasteiger charge is -2.31. The van der Waals surface area contributed by atoms with Gasteiger partial charge in [0.1, 0.15) is 5.75 Å². The lowest BCUT2D eigenvalue weighted by atomic mass is 10.0. The molecule has 0 spiro atoms. The van der Waals surface area contributed by atoms with Gasteiger partial charge in [0.15, 0.2) is 0 Å². The van der Waals surface area contributed by atoms with E-state index in [1.54, 1.807) is 31.4 Å². The van der Waals surface area contributed by atoms with Crippen LogP contribution in [0.2, 0.25) is 0 Å². The zero-order valence-electron chi connectivity index (χ0n) is 15.4. The Balaban J connectivity index is 1.50. The average Bonchev–Trinajstić information content (AvgIpc) is 2.73. The third-order valence-corrected chi connectivity index (χ3v) is 4.72. The predicted molar refractivity (Wildman–Crippen MR) is 106 cm³/mol. The van der Waals surface area contributed by atoms with E-state index in [1.807, 2.05) is 47.4 Å². The average molecular weight is 364 g/mol. The first-order valence-corrected chi connectivity index (χ1v) is 9.13. The Kier molecular flexibility index (Phi) is 6.26. The van der Waals surface area contributed by atoms with Crippen molar-refractivity contribution in [1.29, 1.82) is 0 Å². The molecule has 5 nitrogen and oxygen atoms in total. The van der Waals surface area contributed by atoms with E-state index in [0.717, 1.165) is 24.2 Å². The van der Waals surface area contributed by atoms with E-state index in [9.17, 15) is 9.59 Å². The van der Waals surface area contributed by atoms with Crippen LogP contribution >= 0.6 is 0 Å². The summed E-state index contributed by atoms with van der Waals surface area (Å²) in [5.41, 5.74) is 1.54. The second kappa shape index (κ2) is 9.03. The maximum absolute atomic E-state index is 12.4. The molecule has 2 amide bonds. The molecule has 0 saturated carbocycles. The normalized spacial score (nSPS) is 14.9. The number of benzene rings is 2. The molecule has 0 atom stereocenters. The van der Waals surface area contributed by atoms with Crippen LogP contribution < -0.4 is 10.1 Å². The summed E-state index contributed by atoms with van der Waals surface area (Å²) < 4.78 is 5.29. The van der Waals surface area contributed by atoms with Gasteiger partial charge in [-0.05, 0) is 37.1 Å². The molecule has 0 unspecified atom stereocenters. The van der Waals surface area contributed by atoms with Gasteiger partial charge in [0.05, 0.1) is 7.11 Å². The molecule has 1 heterocycles. The van der Waals surface area contributed by atoms with Crippen molar-refractivity contribution in [3.8, 4) is 5.75 Å². The van der Waals surface area contributed by atoms with Crippen molar-refractivity contribution < 1.29 is 14.3 Å². The Morgan fingerprint density at radius 2 is 1.70 bits per heavy atom. The van der Waals surface area contributed by atoms with Gasteiger partial charge < -0.3 is 15.0 Å². The zero-order valence-corrected chi connectivity index (χ0v) is 15.4. The molecule has 1 aliphatic rings. The molecule has 2 aromatic carbocycles. The van der Waals surface area contributed by atoms with Crippen LogP contribution in [0.1, 0.15) is 28.8 Å². The second-order valence-corrected chi connectivity index (χ2v) is 6.51. The number of hydrogen-bond donors (Lipinski definition) is 1. The standard InChI is InChI=1S/C22H24N2O3/c1-27-20-10-6-5-7-17(20)11-12-21(25)24-15-13-19(14-16-24)23-22(26)18-8-3-2-4-9-18/h2-12,19H,13-16H2,1H3,(H,23,26). The van der Waals surface area contributed by atoms with Crippen molar-refractivity contribution in [2.24, 2.45) is 0 Å². The number of rotatable bonds is 5. The molecule has 140 valence electrons. The van der Waals surface area contributed by atoms with Gasteiger partial charge in [0.2, 0.25) is 5.91 Å². The SMILES string of the molecule is COc1ccccc1C=CC(=O)N1CCC(NC(=O)c2ccccc2)CC1. The first-order valence-electron chi connectivity index (χ1n) is 9.13. The van der Waals surface area contributed by atoms with Crippen LogP contribution in [0, 0.1) is 0 Å². The van der Waals surface area contributed by atoms with E-state index >= 15 is 0 Å². The number of carbonyl (C=O) groups excluding carboxylic acids is 2. The highest BCUT2D eigenvalue weighted by Crippen LogP contribution is 2.19. The van der Waals surface area contributed by atoms with Crippen molar-refractivity contribution in [1.82, 2.24) is 10.2 Å². The van der Waals surface area contributed by atoms with Gasteiger partial charge in [0, 0.05) is 36.3 Å². The summed E-state index contributed by atoms with van der Waals surface area (Å²) in [6, 6.07) is 16.9. The Hall–Kier alpha value is -3.08. The molecule has 1 saturated heterocycles. The highest BCUT2D eigenvalue weighted by molar-refractivity contribution is 5.94. The minimum Gasteiger partial charge on any atom is -0.496 e. The second-order valence-electron chi connectivity index (χ2n) is 6.51. The van der Waals surface area contributed by atoms with Crippen molar-refractivity contribution in [3.63, 3.8) is 0 Å². The summed E-state index contributed by atoms with van der Waals surface area (Å²) in [6.45, 7) is 1.27. The zero-order chi connectivity index (χ0) is 19.1. The number of piperidine rings is 1. The number of nitrogens with zero attached hydrogens (tertiary/aromatic N) is 1. The number of methoxy groups -OCH3 is 1. The van der Waals surface area contributed by atoms with Gasteiger partial charge in [-0.15, -0.1) is 0 Å². The predicted octanol–water partition coefficient (Wildman–Crippen LogP) is 3.13. The lowest BCUT2D eigenvalue weighted by molar-refractivity contribution is -0.126. The number of hydrogen-bond acceptors (Lipinski definition) is 3. The molecule has 0 aliphatic carbocycles. The molecule has 5 heteroatoms. The van der Waals surface area contributed by atoms with Gasteiger partial charge >= 0.3 is 0 Å². The quantitative estimate of drug-likeness (QED) is 0.830. The van der Waals surface area contributed by atoms with Crippen LogP contribution in [-0.2, 0) is 4.79 Å². The number of carbonyl (C=O) groups is 2. The minimum atomic E-state index is -0.0588. The fourth-order valence-electron chi connectivity index (χ4n) is 3.17. The smallest absolute Gasteiger partial charge is 0.251 e. The monoisotopic (exact) mass is 364 g/mol. The topological polar surface area (TPSA) is 58.6 Å². The molecule has 1 fully saturated rings. The summed E-state index contributed by atoms with van der Waals surface area (Å²) in [7, 11) is 1.61. The van der Waals surface area contributed by atoms with Gasteiger partial charge in [-0.3, -0.25) is 9.59 Å². The molecule has 0 aromatic heterocycles. The fourth-order valence-corrected chi connectivity index (χ4v) is 3.17. The molecule has 1 N–H and O–H groups in total. The van der Waals surface area contributed by atoms with Crippen molar-refractivity contribution in [2.75, 3.05) is 20.2 Å². The highest BCUT2D eigenvalue weighted by Gasteiger charge is 2.23. The summed E-state index contributed by atoms with van der Waals surface area (Å²) in [5, 5.41) is 3.06. The number of amides is 2. The van der Waals surface area contributed by atoms with E-state index in [-0.39, 0.29) is 17.9 Å². The van der Waals surface area contributed by atoms with E-state index in [0.29, 0.717) is 18.7 Å². The first kappa shape index (κ1) is 18.7. The van der Waals surface area contributed by atoms with Crippen LogP contribution in [0.4, 0.5) is 0 Å². The minimum absolute atomic E-state index is 0.0197. The highest BCUT2D eigenvalue weighted by atomic mass is 16.5. The van der Waals surface area contributed by atoms with E-state index in [2.05, 4.69) is 5.32 Å². The van der Waals surface area contributed by atoms with Crippen LogP contribution in [0.5, 0.6) is 5.75 Å². The van der Waals surface area contributed by atoms with Gasteiger partial charge in [-0.25, -0.2) is 0 Å². The maximum Gasteiger partial charge on any atom is 0.251 e. The number of para-hydroxylation sites is 1. The Labute approximate surface area is 159 Å². The largest absolute Gasteiger partial charge is 0.496 e. The molecule has 1 aliphatic heterocycles. The summed E-state index contributed by atoms with van der Waals surface area (Å²) >= 11 is 0. The van der Waals surface area contributed by atoms with Gasteiger partial charge in [-0.1, -0.05) is 36.4 Å². The van der Waals surface area contributed by atoms with E-state index in [1.165, 1.54) is 0 Å². The molecule has 0 radical (unpaired) electrons. The number of nitrogens with one attached hydrogen (secondary N) is 1. The molecule has 2 aromatic rings. The molecule has 27 heavy (non-hydrogen) atoms. The van der Waals surface area contributed by atoms with Gasteiger partial charge in [0.25, 0.3) is 5.91 Å². The van der Waals surface area contributed by atoms with Crippen molar-refractivity contribution in [2.45, 2.75) is 18.9 Å².